The molecular weight excluding hydrogens is 518 g/mol. The van der Waals surface area contributed by atoms with E-state index in [1.54, 1.807) is 11.8 Å². The van der Waals surface area contributed by atoms with Crippen molar-refractivity contribution in [3.05, 3.63) is 115 Å². The largest absolute Gasteiger partial charge is 0.426 e. The predicted molar refractivity (Wildman–Crippen MR) is 134 cm³/mol. The van der Waals surface area contributed by atoms with Crippen LogP contribution in [0.4, 0.5) is 0 Å². The molecule has 0 aliphatic carbocycles. The highest BCUT2D eigenvalue weighted by Crippen LogP contribution is 2.59. The molecule has 0 fully saturated rings. The van der Waals surface area contributed by atoms with Crippen molar-refractivity contribution in [3.63, 3.8) is 0 Å². The van der Waals surface area contributed by atoms with E-state index in [-0.39, 0.29) is 22.0 Å². The molecule has 3 heterocycles. The Kier molecular flexibility index (Phi) is 5.28. The second kappa shape index (κ2) is 8.31. The molecule has 6 rings (SSSR count). The maximum Gasteiger partial charge on any atom is 0.316 e. The topological polar surface area (TPSA) is 48.3 Å². The van der Waals surface area contributed by atoms with Crippen LogP contribution in [0.1, 0.15) is 32.7 Å². The first-order chi connectivity index (χ1) is 16.1. The Balaban J connectivity index is 1.57. The number of aromatic nitrogens is 1. The van der Waals surface area contributed by atoms with E-state index in [1.165, 1.54) is 11.3 Å². The van der Waals surface area contributed by atoms with Crippen LogP contribution in [0.5, 0.6) is 5.75 Å². The van der Waals surface area contributed by atoms with Gasteiger partial charge in [-0.25, -0.2) is 0 Å². The third-order valence-corrected chi connectivity index (χ3v) is 9.35. The summed E-state index contributed by atoms with van der Waals surface area (Å²) >= 11 is 6.44. The van der Waals surface area contributed by atoms with Gasteiger partial charge in [-0.2, -0.15) is 0 Å². The van der Waals surface area contributed by atoms with Crippen molar-refractivity contribution in [2.75, 3.05) is 0 Å². The predicted octanol–water partition coefficient (Wildman–Crippen LogP) is 6.23. The summed E-state index contributed by atoms with van der Waals surface area (Å²) in [5.74, 6) is -0.299. The van der Waals surface area contributed by atoms with Gasteiger partial charge < -0.3 is 4.74 Å². The Morgan fingerprint density at radius 2 is 1.67 bits per heavy atom. The molecular formula is C26H18BrNO3S2. The molecule has 0 saturated heterocycles. The first-order valence-corrected chi connectivity index (χ1v) is 13.1. The lowest BCUT2D eigenvalue weighted by atomic mass is 9.78. The van der Waals surface area contributed by atoms with Gasteiger partial charge in [0.05, 0.1) is 22.7 Å². The maximum atomic E-state index is 13.3. The normalized spacial score (nSPS) is 21.0. The highest BCUT2D eigenvalue weighted by molar-refractivity contribution is 9.10. The van der Waals surface area contributed by atoms with Gasteiger partial charge in [-0.05, 0) is 29.3 Å². The third-order valence-electron chi connectivity index (χ3n) is 6.18. The number of esters is 1. The Hall–Kier alpha value is -2.61. The SMILES string of the molecule is O=C1Oc2ccc(Br)cc2[C@H]2c3sc(=O)n(Cc4ccccc4)c3S[C@@H](c3ccccc3)[C@@H]12. The number of carbonyl (C=O) groups is 1. The molecule has 1 aromatic heterocycles. The number of nitrogens with zero attached hydrogens (tertiary/aromatic N) is 1. The minimum absolute atomic E-state index is 0.000646. The monoisotopic (exact) mass is 535 g/mol. The van der Waals surface area contributed by atoms with Gasteiger partial charge in [-0.1, -0.05) is 99.7 Å². The summed E-state index contributed by atoms with van der Waals surface area (Å²) in [7, 11) is 0. The van der Waals surface area contributed by atoms with Crippen LogP contribution in [0, 0.1) is 5.92 Å². The van der Waals surface area contributed by atoms with Crippen LogP contribution in [-0.2, 0) is 11.3 Å². The van der Waals surface area contributed by atoms with E-state index in [0.29, 0.717) is 12.3 Å². The number of benzene rings is 3. The van der Waals surface area contributed by atoms with Gasteiger partial charge in [0.25, 0.3) is 0 Å². The molecule has 2 aliphatic heterocycles. The Labute approximate surface area is 207 Å². The summed E-state index contributed by atoms with van der Waals surface area (Å²) in [6.07, 6.45) is 0. The van der Waals surface area contributed by atoms with Crippen molar-refractivity contribution in [1.29, 1.82) is 0 Å². The number of rotatable bonds is 3. The van der Waals surface area contributed by atoms with Crippen molar-refractivity contribution in [3.8, 4) is 5.75 Å². The van der Waals surface area contributed by atoms with E-state index >= 15 is 0 Å². The average molecular weight is 536 g/mol. The van der Waals surface area contributed by atoms with E-state index in [0.717, 1.165) is 31.1 Å². The molecule has 0 radical (unpaired) electrons. The van der Waals surface area contributed by atoms with Gasteiger partial charge in [0, 0.05) is 20.8 Å². The van der Waals surface area contributed by atoms with Crippen molar-refractivity contribution >= 4 is 45.0 Å². The number of hydrogen-bond donors (Lipinski definition) is 0. The number of hydrogen-bond acceptors (Lipinski definition) is 5. The summed E-state index contributed by atoms with van der Waals surface area (Å²) in [5, 5.41) is 0.795. The van der Waals surface area contributed by atoms with E-state index in [2.05, 4.69) is 28.1 Å². The second-order valence-corrected chi connectivity index (χ2v) is 11.2. The molecule has 3 atom stereocenters. The van der Waals surface area contributed by atoms with Crippen molar-refractivity contribution in [2.45, 2.75) is 22.7 Å². The van der Waals surface area contributed by atoms with Gasteiger partial charge in [0.2, 0.25) is 0 Å². The van der Waals surface area contributed by atoms with Crippen LogP contribution in [0.15, 0.2) is 93.2 Å². The Morgan fingerprint density at radius 3 is 2.42 bits per heavy atom. The lowest BCUT2D eigenvalue weighted by Crippen LogP contribution is -2.37. The zero-order valence-corrected chi connectivity index (χ0v) is 20.5. The number of halogens is 1. The molecule has 0 amide bonds. The summed E-state index contributed by atoms with van der Waals surface area (Å²) in [6, 6.07) is 25.8. The summed E-state index contributed by atoms with van der Waals surface area (Å²) < 4.78 is 8.59. The van der Waals surface area contributed by atoms with E-state index in [1.807, 2.05) is 71.3 Å². The number of thiazole rings is 1. The fourth-order valence-corrected chi connectivity index (χ4v) is 7.93. The van der Waals surface area contributed by atoms with Gasteiger partial charge in [-0.15, -0.1) is 0 Å². The van der Waals surface area contributed by atoms with Crippen molar-refractivity contribution < 1.29 is 9.53 Å². The Morgan fingerprint density at radius 1 is 0.939 bits per heavy atom. The molecule has 0 spiro atoms. The lowest BCUT2D eigenvalue weighted by Gasteiger charge is -2.40. The van der Waals surface area contributed by atoms with Crippen molar-refractivity contribution in [2.24, 2.45) is 5.92 Å². The zero-order valence-electron chi connectivity index (χ0n) is 17.3. The fourth-order valence-electron chi connectivity index (χ4n) is 4.70. The van der Waals surface area contributed by atoms with Gasteiger partial charge in [-0.3, -0.25) is 14.2 Å². The second-order valence-electron chi connectivity index (χ2n) is 8.16. The van der Waals surface area contributed by atoms with Gasteiger partial charge in [0.15, 0.2) is 0 Å². The van der Waals surface area contributed by atoms with Crippen LogP contribution in [0.3, 0.4) is 0 Å². The van der Waals surface area contributed by atoms with Crippen molar-refractivity contribution in [1.82, 2.24) is 4.57 Å². The van der Waals surface area contributed by atoms with E-state index < -0.39 is 5.92 Å². The smallest absolute Gasteiger partial charge is 0.316 e. The summed E-state index contributed by atoms with van der Waals surface area (Å²) in [4.78, 5) is 27.5. The molecule has 0 unspecified atom stereocenters. The molecule has 33 heavy (non-hydrogen) atoms. The summed E-state index contributed by atoms with van der Waals surface area (Å²) in [6.45, 7) is 0.507. The molecule has 7 heteroatoms. The highest BCUT2D eigenvalue weighted by Gasteiger charge is 2.50. The molecule has 3 aromatic carbocycles. The van der Waals surface area contributed by atoms with E-state index in [4.69, 9.17) is 4.74 Å². The first-order valence-electron chi connectivity index (χ1n) is 10.6. The van der Waals surface area contributed by atoms with Crippen LogP contribution in [0.2, 0.25) is 0 Å². The Bertz CT molecular complexity index is 1410. The van der Waals surface area contributed by atoms with Crippen LogP contribution in [0.25, 0.3) is 0 Å². The van der Waals surface area contributed by atoms with Gasteiger partial charge in [0.1, 0.15) is 5.75 Å². The third kappa shape index (κ3) is 3.59. The highest BCUT2D eigenvalue weighted by atomic mass is 79.9. The lowest BCUT2D eigenvalue weighted by molar-refractivity contribution is -0.140. The molecule has 4 aromatic rings. The zero-order chi connectivity index (χ0) is 22.5. The fraction of sp³-hybridized carbons (Fsp3) is 0.154. The van der Waals surface area contributed by atoms with Crippen LogP contribution < -0.4 is 9.61 Å². The number of thioether (sulfide) groups is 1. The average Bonchev–Trinajstić information content (AvgIpc) is 3.15. The molecule has 164 valence electrons. The number of carbonyl (C=O) groups excluding carboxylic acids is 1. The van der Waals surface area contributed by atoms with Gasteiger partial charge >= 0.3 is 10.8 Å². The quantitative estimate of drug-likeness (QED) is 0.230. The first kappa shape index (κ1) is 21.0. The maximum absolute atomic E-state index is 13.3. The molecule has 0 bridgehead atoms. The van der Waals surface area contributed by atoms with Crippen LogP contribution in [-0.4, -0.2) is 10.5 Å². The minimum atomic E-state index is -0.407. The number of fused-ring (bicyclic) bond motifs is 5. The molecule has 0 saturated carbocycles. The summed E-state index contributed by atoms with van der Waals surface area (Å²) in [5.41, 5.74) is 3.08. The standard InChI is InChI=1S/C26H18BrNO3S2/c27-17-11-12-19-18(13-17)20-21(25(29)31-19)22(16-9-5-2-6-10-16)32-24-23(20)33-26(30)28(24)14-15-7-3-1-4-8-15/h1-13,20-22H,14H2/t20-,21+,22+/m1/s1. The number of ether oxygens (including phenoxy) is 1. The minimum Gasteiger partial charge on any atom is -0.426 e. The molecule has 0 N–H and O–H groups in total. The molecule has 4 nitrogen and oxygen atoms in total. The van der Waals surface area contributed by atoms with Crippen LogP contribution >= 0.6 is 39.0 Å². The van der Waals surface area contributed by atoms with E-state index in [9.17, 15) is 9.59 Å². The molecule has 2 aliphatic rings.